The maximum absolute atomic E-state index is 12.2. The first-order valence-electron chi connectivity index (χ1n) is 5.71. The number of rotatable bonds is 3. The summed E-state index contributed by atoms with van der Waals surface area (Å²) in [6.45, 7) is 0. The molecule has 0 aliphatic carbocycles. The average Bonchev–Trinajstić information content (AvgIpc) is 2.41. The van der Waals surface area contributed by atoms with E-state index in [2.05, 4.69) is 37.2 Å². The highest BCUT2D eigenvalue weighted by Crippen LogP contribution is 2.28. The lowest BCUT2D eigenvalue weighted by Gasteiger charge is -2.10. The Kier molecular flexibility index (Phi) is 4.67. The number of methoxy groups -OCH3 is 1. The van der Waals surface area contributed by atoms with Gasteiger partial charge in [-0.1, -0.05) is 15.9 Å². The van der Waals surface area contributed by atoms with Crippen molar-refractivity contribution >= 4 is 49.1 Å². The third-order valence-corrected chi connectivity index (χ3v) is 3.78. The first-order valence-corrected chi connectivity index (χ1v) is 7.30. The molecular formula is C14H12Br2N2O2. The van der Waals surface area contributed by atoms with Crippen molar-refractivity contribution in [2.24, 2.45) is 0 Å². The van der Waals surface area contributed by atoms with E-state index in [9.17, 15) is 4.79 Å². The van der Waals surface area contributed by atoms with E-state index in [1.807, 2.05) is 0 Å². The predicted octanol–water partition coefficient (Wildman–Crippen LogP) is 4.05. The summed E-state index contributed by atoms with van der Waals surface area (Å²) in [6.07, 6.45) is 0. The molecule has 0 saturated heterocycles. The monoisotopic (exact) mass is 398 g/mol. The van der Waals surface area contributed by atoms with Crippen molar-refractivity contribution < 1.29 is 9.53 Å². The zero-order valence-electron chi connectivity index (χ0n) is 10.6. The maximum atomic E-state index is 12.2. The molecule has 2 aromatic rings. The Morgan fingerprint density at radius 3 is 2.60 bits per heavy atom. The van der Waals surface area contributed by atoms with Crippen molar-refractivity contribution in [1.29, 1.82) is 0 Å². The number of nitrogens with two attached hydrogens (primary N) is 1. The molecular weight excluding hydrogens is 388 g/mol. The Morgan fingerprint density at radius 2 is 1.95 bits per heavy atom. The molecule has 3 N–H and O–H groups in total. The summed E-state index contributed by atoms with van der Waals surface area (Å²) in [4.78, 5) is 12.2. The minimum absolute atomic E-state index is 0.263. The Bertz CT molecular complexity index is 660. The van der Waals surface area contributed by atoms with Gasteiger partial charge in [-0.2, -0.15) is 0 Å². The van der Waals surface area contributed by atoms with Crippen molar-refractivity contribution in [2.75, 3.05) is 18.2 Å². The number of hydrogen-bond donors (Lipinski definition) is 2. The SMILES string of the molecule is COc1ccc(NC(=O)c2cc(Br)ccc2N)cc1Br. The van der Waals surface area contributed by atoms with Crippen LogP contribution in [0.15, 0.2) is 45.3 Å². The summed E-state index contributed by atoms with van der Waals surface area (Å²) < 4.78 is 6.70. The van der Waals surface area contributed by atoms with Crippen LogP contribution >= 0.6 is 31.9 Å². The number of anilines is 2. The third kappa shape index (κ3) is 3.32. The lowest BCUT2D eigenvalue weighted by molar-refractivity contribution is 0.102. The highest BCUT2D eigenvalue weighted by atomic mass is 79.9. The average molecular weight is 400 g/mol. The molecule has 0 aromatic heterocycles. The number of halogens is 2. The Balaban J connectivity index is 2.23. The fourth-order valence-corrected chi connectivity index (χ4v) is 2.57. The van der Waals surface area contributed by atoms with Crippen LogP contribution in [0.25, 0.3) is 0 Å². The van der Waals surface area contributed by atoms with Gasteiger partial charge in [0.25, 0.3) is 5.91 Å². The summed E-state index contributed by atoms with van der Waals surface area (Å²) >= 11 is 6.69. The van der Waals surface area contributed by atoms with Gasteiger partial charge < -0.3 is 15.8 Å². The second-order valence-corrected chi connectivity index (χ2v) is 5.81. The molecule has 0 aliphatic heterocycles. The minimum Gasteiger partial charge on any atom is -0.496 e. The largest absolute Gasteiger partial charge is 0.496 e. The fraction of sp³-hybridized carbons (Fsp3) is 0.0714. The minimum atomic E-state index is -0.263. The first kappa shape index (κ1) is 14.9. The summed E-state index contributed by atoms with van der Waals surface area (Å²) in [7, 11) is 1.58. The molecule has 0 aliphatic rings. The molecule has 0 unspecified atom stereocenters. The number of carbonyl (C=O) groups excluding carboxylic acids is 1. The van der Waals surface area contributed by atoms with Gasteiger partial charge in [0.1, 0.15) is 5.75 Å². The van der Waals surface area contributed by atoms with Crippen LogP contribution in [0.3, 0.4) is 0 Å². The van der Waals surface area contributed by atoms with Crippen LogP contribution in [0.2, 0.25) is 0 Å². The van der Waals surface area contributed by atoms with Gasteiger partial charge in [0.2, 0.25) is 0 Å². The molecule has 0 heterocycles. The van der Waals surface area contributed by atoms with E-state index in [1.165, 1.54) is 0 Å². The van der Waals surface area contributed by atoms with Gasteiger partial charge >= 0.3 is 0 Å². The number of amides is 1. The molecule has 2 rings (SSSR count). The second-order valence-electron chi connectivity index (χ2n) is 4.04. The van der Waals surface area contributed by atoms with Gasteiger partial charge in [0.15, 0.2) is 0 Å². The van der Waals surface area contributed by atoms with Gasteiger partial charge in [-0.3, -0.25) is 4.79 Å². The smallest absolute Gasteiger partial charge is 0.257 e. The highest BCUT2D eigenvalue weighted by Gasteiger charge is 2.11. The van der Waals surface area contributed by atoms with Gasteiger partial charge in [0, 0.05) is 15.8 Å². The molecule has 0 bridgehead atoms. The molecule has 6 heteroatoms. The molecule has 0 radical (unpaired) electrons. The van der Waals surface area contributed by atoms with Crippen LogP contribution in [-0.2, 0) is 0 Å². The lowest BCUT2D eigenvalue weighted by Crippen LogP contribution is -2.14. The number of hydrogen-bond acceptors (Lipinski definition) is 3. The second kappa shape index (κ2) is 6.28. The Hall–Kier alpha value is -1.53. The van der Waals surface area contributed by atoms with E-state index in [1.54, 1.807) is 43.5 Å². The zero-order chi connectivity index (χ0) is 14.7. The predicted molar refractivity (Wildman–Crippen MR) is 87.2 cm³/mol. The van der Waals surface area contributed by atoms with E-state index in [4.69, 9.17) is 10.5 Å². The zero-order valence-corrected chi connectivity index (χ0v) is 13.8. The van der Waals surface area contributed by atoms with Gasteiger partial charge in [-0.05, 0) is 52.3 Å². The molecule has 1 amide bonds. The number of carbonyl (C=O) groups is 1. The number of benzene rings is 2. The van der Waals surface area contributed by atoms with E-state index < -0.39 is 0 Å². The van der Waals surface area contributed by atoms with Gasteiger partial charge in [-0.25, -0.2) is 0 Å². The van der Waals surface area contributed by atoms with Gasteiger partial charge in [0.05, 0.1) is 17.1 Å². The molecule has 0 atom stereocenters. The number of ether oxygens (including phenoxy) is 1. The molecule has 2 aromatic carbocycles. The van der Waals surface area contributed by atoms with Crippen molar-refractivity contribution in [1.82, 2.24) is 0 Å². The molecule has 4 nitrogen and oxygen atoms in total. The topological polar surface area (TPSA) is 64.3 Å². The van der Waals surface area contributed by atoms with Crippen LogP contribution in [0.5, 0.6) is 5.75 Å². The summed E-state index contributed by atoms with van der Waals surface area (Å²) in [5, 5.41) is 2.79. The van der Waals surface area contributed by atoms with Crippen molar-refractivity contribution in [3.63, 3.8) is 0 Å². The summed E-state index contributed by atoms with van der Waals surface area (Å²) in [6, 6.07) is 10.5. The van der Waals surface area contributed by atoms with E-state index in [0.717, 1.165) is 8.95 Å². The highest BCUT2D eigenvalue weighted by molar-refractivity contribution is 9.10. The Morgan fingerprint density at radius 1 is 1.20 bits per heavy atom. The van der Waals surface area contributed by atoms with Crippen LogP contribution < -0.4 is 15.8 Å². The summed E-state index contributed by atoms with van der Waals surface area (Å²) in [5.74, 6) is 0.436. The Labute approximate surface area is 133 Å². The third-order valence-electron chi connectivity index (χ3n) is 2.67. The molecule has 20 heavy (non-hydrogen) atoms. The summed E-state index contributed by atoms with van der Waals surface area (Å²) in [5.41, 5.74) is 7.31. The van der Waals surface area contributed by atoms with Crippen molar-refractivity contribution in [2.45, 2.75) is 0 Å². The molecule has 104 valence electrons. The van der Waals surface area contributed by atoms with E-state index in [-0.39, 0.29) is 5.91 Å². The van der Waals surface area contributed by atoms with Crippen molar-refractivity contribution in [3.8, 4) is 5.75 Å². The van der Waals surface area contributed by atoms with E-state index in [0.29, 0.717) is 22.7 Å². The number of nitrogens with one attached hydrogen (secondary N) is 1. The first-order chi connectivity index (χ1) is 9.51. The van der Waals surface area contributed by atoms with E-state index >= 15 is 0 Å². The standard InChI is InChI=1S/C14H12Br2N2O2/c1-20-13-5-3-9(7-11(13)16)18-14(19)10-6-8(15)2-4-12(10)17/h2-7H,17H2,1H3,(H,18,19). The van der Waals surface area contributed by atoms with Crippen LogP contribution in [0.1, 0.15) is 10.4 Å². The van der Waals surface area contributed by atoms with Gasteiger partial charge in [-0.15, -0.1) is 0 Å². The van der Waals surface area contributed by atoms with Crippen LogP contribution in [0.4, 0.5) is 11.4 Å². The molecule has 0 spiro atoms. The lowest BCUT2D eigenvalue weighted by atomic mass is 10.1. The maximum Gasteiger partial charge on any atom is 0.257 e. The number of nitrogen functional groups attached to an aromatic ring is 1. The quantitative estimate of drug-likeness (QED) is 0.765. The normalized spacial score (nSPS) is 10.2. The van der Waals surface area contributed by atoms with Crippen molar-refractivity contribution in [3.05, 3.63) is 50.9 Å². The fourth-order valence-electron chi connectivity index (χ4n) is 1.67. The molecule has 0 fully saturated rings. The van der Waals surface area contributed by atoms with Crippen LogP contribution in [0, 0.1) is 0 Å². The van der Waals surface area contributed by atoms with Crippen LogP contribution in [-0.4, -0.2) is 13.0 Å². The molecule has 0 saturated carbocycles.